The fraction of sp³-hybridized carbons (Fsp3) is 0.385. The molecule has 0 aliphatic heterocycles. The maximum atomic E-state index is 6.04. The largest absolute Gasteiger partial charge is 0.399 e. The van der Waals surface area contributed by atoms with Crippen molar-refractivity contribution >= 4 is 11.4 Å². The van der Waals surface area contributed by atoms with Crippen LogP contribution in [-0.2, 0) is 5.41 Å². The summed E-state index contributed by atoms with van der Waals surface area (Å²) in [6, 6.07) is 31.9. The van der Waals surface area contributed by atoms with E-state index in [-0.39, 0.29) is 5.41 Å². The third kappa shape index (κ3) is 5.67. The Hall–Kier alpha value is -3.52. The van der Waals surface area contributed by atoms with Crippen molar-refractivity contribution in [2.45, 2.75) is 90.4 Å². The van der Waals surface area contributed by atoms with Gasteiger partial charge in [0, 0.05) is 28.6 Å². The van der Waals surface area contributed by atoms with Crippen LogP contribution < -0.4 is 11.5 Å². The minimum Gasteiger partial charge on any atom is -0.399 e. The van der Waals surface area contributed by atoms with Gasteiger partial charge in [0.15, 0.2) is 0 Å². The second-order valence-electron chi connectivity index (χ2n) is 12.6. The van der Waals surface area contributed by atoms with Gasteiger partial charge in [-0.3, -0.25) is 0 Å². The highest BCUT2D eigenvalue weighted by Crippen LogP contribution is 2.49. The van der Waals surface area contributed by atoms with Crippen LogP contribution in [0.2, 0.25) is 0 Å². The number of nitrogens with two attached hydrogens (primary N) is 2. The Bertz CT molecular complexity index is 1360. The summed E-state index contributed by atoms with van der Waals surface area (Å²) < 4.78 is 0. The summed E-state index contributed by atoms with van der Waals surface area (Å²) in [5.41, 5.74) is 24.6. The SMILES string of the molecule is CCC(c1ccc(C(C)c2ccc(N)cc2C)cc1)(c1ccc(C(C)c2ccc(N)cc2C)cc1)C1CCCCC1. The first-order chi connectivity index (χ1) is 19.7. The molecule has 41 heavy (non-hydrogen) atoms. The number of rotatable bonds is 8. The van der Waals surface area contributed by atoms with Crippen molar-refractivity contribution in [3.05, 3.63) is 129 Å². The van der Waals surface area contributed by atoms with Crippen LogP contribution >= 0.6 is 0 Å². The van der Waals surface area contributed by atoms with Gasteiger partial charge in [0.1, 0.15) is 0 Å². The lowest BCUT2D eigenvalue weighted by molar-refractivity contribution is 0.231. The molecule has 1 aliphatic rings. The van der Waals surface area contributed by atoms with E-state index in [2.05, 4.69) is 107 Å². The first-order valence-electron chi connectivity index (χ1n) is 15.7. The molecule has 0 saturated heterocycles. The van der Waals surface area contributed by atoms with Crippen molar-refractivity contribution in [1.29, 1.82) is 0 Å². The van der Waals surface area contributed by atoms with Gasteiger partial charge in [-0.15, -0.1) is 0 Å². The summed E-state index contributed by atoms with van der Waals surface area (Å²) in [6.07, 6.45) is 7.76. The van der Waals surface area contributed by atoms with E-state index in [1.807, 2.05) is 12.1 Å². The molecule has 2 heteroatoms. The summed E-state index contributed by atoms with van der Waals surface area (Å²) in [5, 5.41) is 0. The molecule has 0 bridgehead atoms. The van der Waals surface area contributed by atoms with Crippen LogP contribution in [0.4, 0.5) is 11.4 Å². The van der Waals surface area contributed by atoms with Gasteiger partial charge in [-0.2, -0.15) is 0 Å². The molecule has 4 aromatic carbocycles. The fourth-order valence-electron chi connectivity index (χ4n) is 7.80. The molecule has 1 saturated carbocycles. The summed E-state index contributed by atoms with van der Waals surface area (Å²) in [5.74, 6) is 1.31. The molecule has 0 heterocycles. The van der Waals surface area contributed by atoms with E-state index in [4.69, 9.17) is 11.5 Å². The number of nitrogen functional groups attached to an aromatic ring is 2. The Labute approximate surface area is 248 Å². The first-order valence-corrected chi connectivity index (χ1v) is 15.7. The van der Waals surface area contributed by atoms with Crippen LogP contribution in [0.15, 0.2) is 84.9 Å². The highest BCUT2D eigenvalue weighted by atomic mass is 14.5. The second-order valence-corrected chi connectivity index (χ2v) is 12.6. The number of hydrogen-bond acceptors (Lipinski definition) is 2. The summed E-state index contributed by atoms with van der Waals surface area (Å²) in [7, 11) is 0. The maximum absolute atomic E-state index is 6.04. The summed E-state index contributed by atoms with van der Waals surface area (Å²) in [6.45, 7) is 11.4. The monoisotopic (exact) mass is 544 g/mol. The van der Waals surface area contributed by atoms with Crippen molar-refractivity contribution in [2.24, 2.45) is 5.92 Å². The third-order valence-corrected chi connectivity index (χ3v) is 10.2. The highest BCUT2D eigenvalue weighted by Gasteiger charge is 2.41. The van der Waals surface area contributed by atoms with Gasteiger partial charge >= 0.3 is 0 Å². The Kier molecular flexibility index (Phi) is 8.59. The van der Waals surface area contributed by atoms with Gasteiger partial charge in [0.05, 0.1) is 0 Å². The molecule has 214 valence electrons. The number of aryl methyl sites for hydroxylation is 2. The Balaban J connectivity index is 1.51. The zero-order valence-corrected chi connectivity index (χ0v) is 25.7. The van der Waals surface area contributed by atoms with Gasteiger partial charge < -0.3 is 11.5 Å². The molecule has 2 unspecified atom stereocenters. The van der Waals surface area contributed by atoms with Crippen molar-refractivity contribution in [3.63, 3.8) is 0 Å². The van der Waals surface area contributed by atoms with Crippen LogP contribution in [0.1, 0.15) is 116 Å². The average Bonchev–Trinajstić information content (AvgIpc) is 2.98. The van der Waals surface area contributed by atoms with Crippen LogP contribution in [0, 0.1) is 19.8 Å². The van der Waals surface area contributed by atoms with E-state index in [0.29, 0.717) is 17.8 Å². The van der Waals surface area contributed by atoms with E-state index >= 15 is 0 Å². The predicted molar refractivity (Wildman–Crippen MR) is 177 cm³/mol. The molecular formula is C39H48N2. The lowest BCUT2D eigenvalue weighted by Crippen LogP contribution is -2.37. The van der Waals surface area contributed by atoms with E-state index < -0.39 is 0 Å². The van der Waals surface area contributed by atoms with Gasteiger partial charge in [-0.25, -0.2) is 0 Å². The quantitative estimate of drug-likeness (QED) is 0.217. The van der Waals surface area contributed by atoms with Crippen LogP contribution in [0.25, 0.3) is 0 Å². The van der Waals surface area contributed by atoms with Crippen molar-refractivity contribution in [3.8, 4) is 0 Å². The molecule has 0 aromatic heterocycles. The van der Waals surface area contributed by atoms with Crippen LogP contribution in [0.3, 0.4) is 0 Å². The molecule has 5 rings (SSSR count). The van der Waals surface area contributed by atoms with Crippen molar-refractivity contribution in [2.75, 3.05) is 11.5 Å². The molecule has 4 aromatic rings. The Morgan fingerprint density at radius 3 is 1.41 bits per heavy atom. The summed E-state index contributed by atoms with van der Waals surface area (Å²) in [4.78, 5) is 0. The van der Waals surface area contributed by atoms with Gasteiger partial charge in [-0.05, 0) is 108 Å². The van der Waals surface area contributed by atoms with E-state index in [1.165, 1.54) is 76.6 Å². The Morgan fingerprint density at radius 2 is 1.05 bits per heavy atom. The van der Waals surface area contributed by atoms with Gasteiger partial charge in [0.25, 0.3) is 0 Å². The van der Waals surface area contributed by atoms with Crippen molar-refractivity contribution < 1.29 is 0 Å². The lowest BCUT2D eigenvalue weighted by atomic mass is 9.60. The fourth-order valence-corrected chi connectivity index (χ4v) is 7.80. The van der Waals surface area contributed by atoms with Crippen LogP contribution in [-0.4, -0.2) is 0 Å². The smallest absolute Gasteiger partial charge is 0.0316 e. The Morgan fingerprint density at radius 1 is 0.634 bits per heavy atom. The molecule has 0 radical (unpaired) electrons. The molecule has 0 amide bonds. The molecular weight excluding hydrogens is 496 g/mol. The summed E-state index contributed by atoms with van der Waals surface area (Å²) >= 11 is 0. The van der Waals surface area contributed by atoms with E-state index in [9.17, 15) is 0 Å². The topological polar surface area (TPSA) is 52.0 Å². The van der Waals surface area contributed by atoms with E-state index in [1.54, 1.807) is 0 Å². The van der Waals surface area contributed by atoms with Gasteiger partial charge in [0.2, 0.25) is 0 Å². The average molecular weight is 545 g/mol. The normalized spacial score (nSPS) is 17.1. The first kappa shape index (κ1) is 29.0. The van der Waals surface area contributed by atoms with Gasteiger partial charge in [-0.1, -0.05) is 101 Å². The van der Waals surface area contributed by atoms with E-state index in [0.717, 1.165) is 17.8 Å². The zero-order valence-electron chi connectivity index (χ0n) is 25.7. The number of benzene rings is 4. The lowest BCUT2D eigenvalue weighted by Gasteiger charge is -2.44. The third-order valence-electron chi connectivity index (χ3n) is 10.2. The second kappa shape index (κ2) is 12.1. The maximum Gasteiger partial charge on any atom is 0.0316 e. The highest BCUT2D eigenvalue weighted by molar-refractivity contribution is 5.50. The molecule has 1 aliphatic carbocycles. The molecule has 0 spiro atoms. The number of anilines is 2. The predicted octanol–water partition coefficient (Wildman–Crippen LogP) is 10.0. The van der Waals surface area contributed by atoms with Crippen molar-refractivity contribution in [1.82, 2.24) is 0 Å². The molecule has 2 nitrogen and oxygen atoms in total. The minimum atomic E-state index is 0.0260. The molecule has 4 N–H and O–H groups in total. The number of hydrogen-bond donors (Lipinski definition) is 2. The van der Waals surface area contributed by atoms with Crippen LogP contribution in [0.5, 0.6) is 0 Å². The molecule has 1 fully saturated rings. The standard InChI is InChI=1S/C39H48N2/c1-6-39(32-10-8-7-9-11-32,33-16-12-30(13-17-33)28(4)37-22-20-35(40)24-26(37)2)34-18-14-31(15-19-34)29(5)38-23-21-36(41)25-27(38)3/h12-25,28-29,32H,6-11,40-41H2,1-5H3. The zero-order chi connectivity index (χ0) is 29.1. The molecule has 2 atom stereocenters. The minimum absolute atomic E-state index is 0.0260.